The monoisotopic (exact) mass is 200 g/mol. The van der Waals surface area contributed by atoms with E-state index >= 15 is 0 Å². The van der Waals surface area contributed by atoms with E-state index < -0.39 is 0 Å². The molecule has 2 heteroatoms. The molecule has 0 fully saturated rings. The number of aryl methyl sites for hydroxylation is 2. The van der Waals surface area contributed by atoms with Crippen LogP contribution in [0, 0.1) is 6.92 Å². The first-order valence-electron chi connectivity index (χ1n) is 5.76. The summed E-state index contributed by atoms with van der Waals surface area (Å²) in [7, 11) is 0. The quantitative estimate of drug-likeness (QED) is 0.691. The summed E-state index contributed by atoms with van der Waals surface area (Å²) >= 11 is 0. The fraction of sp³-hybridized carbons (Fsp3) is 0.462. The zero-order valence-electron chi connectivity index (χ0n) is 9.33. The Labute approximate surface area is 89.9 Å². The molecule has 1 aromatic heterocycles. The van der Waals surface area contributed by atoms with Crippen molar-refractivity contribution in [2.45, 2.75) is 39.2 Å². The number of imidazole rings is 1. The summed E-state index contributed by atoms with van der Waals surface area (Å²) < 4.78 is 2.40. The minimum atomic E-state index is 0.678. The van der Waals surface area contributed by atoms with Crippen molar-refractivity contribution >= 4 is 11.0 Å². The van der Waals surface area contributed by atoms with Crippen LogP contribution < -0.4 is 0 Å². The second-order valence-electron chi connectivity index (χ2n) is 4.51. The summed E-state index contributed by atoms with van der Waals surface area (Å²) in [5, 5.41) is 0. The van der Waals surface area contributed by atoms with Gasteiger partial charge in [0.2, 0.25) is 0 Å². The van der Waals surface area contributed by atoms with Crippen LogP contribution in [0.25, 0.3) is 11.0 Å². The van der Waals surface area contributed by atoms with Gasteiger partial charge in [-0.15, -0.1) is 0 Å². The number of aromatic nitrogens is 2. The van der Waals surface area contributed by atoms with E-state index in [0.29, 0.717) is 5.92 Å². The Morgan fingerprint density at radius 2 is 2.33 bits per heavy atom. The summed E-state index contributed by atoms with van der Waals surface area (Å²) in [6.45, 7) is 5.55. The molecule has 0 aliphatic carbocycles. The largest absolute Gasteiger partial charge is 0.328 e. The number of hydrogen-bond acceptors (Lipinski definition) is 1. The molecule has 2 aromatic rings. The van der Waals surface area contributed by atoms with Crippen LogP contribution in [-0.4, -0.2) is 9.55 Å². The molecule has 0 saturated heterocycles. The van der Waals surface area contributed by atoms with Crippen LogP contribution in [0.2, 0.25) is 0 Å². The van der Waals surface area contributed by atoms with Crippen molar-refractivity contribution in [3.63, 3.8) is 0 Å². The van der Waals surface area contributed by atoms with Gasteiger partial charge in [-0.1, -0.05) is 13.0 Å². The lowest BCUT2D eigenvalue weighted by Crippen LogP contribution is -1.93. The predicted molar refractivity (Wildman–Crippen MR) is 62.1 cm³/mol. The van der Waals surface area contributed by atoms with Crippen molar-refractivity contribution in [3.8, 4) is 0 Å². The first-order chi connectivity index (χ1) is 7.29. The lowest BCUT2D eigenvalue weighted by Gasteiger charge is -2.01. The molecule has 15 heavy (non-hydrogen) atoms. The first kappa shape index (κ1) is 8.96. The third-order valence-corrected chi connectivity index (χ3v) is 3.49. The highest BCUT2D eigenvalue weighted by Crippen LogP contribution is 2.33. The maximum atomic E-state index is 4.75. The summed E-state index contributed by atoms with van der Waals surface area (Å²) in [6.07, 6.45) is 2.48. The molecule has 1 aliphatic heterocycles. The molecule has 0 radical (unpaired) electrons. The summed E-state index contributed by atoms with van der Waals surface area (Å²) in [5.41, 5.74) is 3.81. The molecule has 2 nitrogen and oxygen atoms in total. The van der Waals surface area contributed by atoms with Gasteiger partial charge in [0.15, 0.2) is 0 Å². The van der Waals surface area contributed by atoms with Gasteiger partial charge in [-0.2, -0.15) is 0 Å². The smallest absolute Gasteiger partial charge is 0.113 e. The maximum Gasteiger partial charge on any atom is 0.113 e. The second-order valence-corrected chi connectivity index (χ2v) is 4.51. The van der Waals surface area contributed by atoms with Gasteiger partial charge in [0.05, 0.1) is 11.0 Å². The maximum absolute atomic E-state index is 4.75. The Kier molecular flexibility index (Phi) is 1.84. The van der Waals surface area contributed by atoms with Crippen molar-refractivity contribution in [2.24, 2.45) is 0 Å². The topological polar surface area (TPSA) is 17.8 Å². The van der Waals surface area contributed by atoms with E-state index in [1.54, 1.807) is 0 Å². The van der Waals surface area contributed by atoms with Gasteiger partial charge in [-0.25, -0.2) is 4.98 Å². The van der Waals surface area contributed by atoms with Crippen LogP contribution in [0.3, 0.4) is 0 Å². The van der Waals surface area contributed by atoms with E-state index in [4.69, 9.17) is 4.98 Å². The Morgan fingerprint density at radius 1 is 1.47 bits per heavy atom. The molecule has 0 N–H and O–H groups in total. The molecule has 1 atom stereocenters. The molecule has 1 aromatic carbocycles. The van der Waals surface area contributed by atoms with Gasteiger partial charge in [-0.3, -0.25) is 0 Å². The van der Waals surface area contributed by atoms with E-state index in [1.165, 1.54) is 29.7 Å². The first-order valence-corrected chi connectivity index (χ1v) is 5.76. The van der Waals surface area contributed by atoms with Gasteiger partial charge < -0.3 is 4.57 Å². The zero-order valence-corrected chi connectivity index (χ0v) is 9.33. The Morgan fingerprint density at radius 3 is 3.13 bits per heavy atom. The normalized spacial score (nSPS) is 19.7. The molecule has 0 amide bonds. The molecular weight excluding hydrogens is 184 g/mol. The third-order valence-electron chi connectivity index (χ3n) is 3.49. The zero-order chi connectivity index (χ0) is 10.4. The molecule has 78 valence electrons. The SMILES string of the molecule is CCC1CCn2c1nc1ccc(C)cc12. The lowest BCUT2D eigenvalue weighted by molar-refractivity contribution is 0.638. The van der Waals surface area contributed by atoms with Crippen molar-refractivity contribution in [1.82, 2.24) is 9.55 Å². The Balaban J connectivity index is 2.26. The Hall–Kier alpha value is -1.31. The highest BCUT2D eigenvalue weighted by atomic mass is 15.1. The van der Waals surface area contributed by atoms with E-state index in [2.05, 4.69) is 36.6 Å². The molecule has 1 unspecified atom stereocenters. The number of nitrogens with zero attached hydrogens (tertiary/aromatic N) is 2. The van der Waals surface area contributed by atoms with Crippen molar-refractivity contribution in [2.75, 3.05) is 0 Å². The fourth-order valence-electron chi connectivity index (χ4n) is 2.60. The average Bonchev–Trinajstić information content (AvgIpc) is 2.76. The minimum Gasteiger partial charge on any atom is -0.328 e. The number of rotatable bonds is 1. The van der Waals surface area contributed by atoms with Crippen LogP contribution in [0.4, 0.5) is 0 Å². The number of fused-ring (bicyclic) bond motifs is 3. The van der Waals surface area contributed by atoms with E-state index in [0.717, 1.165) is 12.1 Å². The van der Waals surface area contributed by atoms with E-state index in [1.807, 2.05) is 0 Å². The molecule has 3 rings (SSSR count). The molecule has 1 aliphatic rings. The Bertz CT molecular complexity index is 510. The molecule has 0 saturated carbocycles. The predicted octanol–water partition coefficient (Wildman–Crippen LogP) is 3.24. The second kappa shape index (κ2) is 3.09. The summed E-state index contributed by atoms with van der Waals surface area (Å²) in [6, 6.07) is 6.54. The van der Waals surface area contributed by atoms with Gasteiger partial charge in [0.25, 0.3) is 0 Å². The standard InChI is InChI=1S/C13H16N2/c1-3-10-6-7-15-12-8-9(2)4-5-11(12)14-13(10)15/h4-5,8,10H,3,6-7H2,1-2H3. The van der Waals surface area contributed by atoms with Gasteiger partial charge in [0.1, 0.15) is 5.82 Å². The van der Waals surface area contributed by atoms with Crippen molar-refractivity contribution in [3.05, 3.63) is 29.6 Å². The summed E-state index contributed by atoms with van der Waals surface area (Å²) in [5.74, 6) is 1.98. The van der Waals surface area contributed by atoms with Crippen LogP contribution in [0.5, 0.6) is 0 Å². The highest BCUT2D eigenvalue weighted by Gasteiger charge is 2.24. The van der Waals surface area contributed by atoms with E-state index in [-0.39, 0.29) is 0 Å². The van der Waals surface area contributed by atoms with Crippen LogP contribution >= 0.6 is 0 Å². The van der Waals surface area contributed by atoms with Gasteiger partial charge >= 0.3 is 0 Å². The van der Waals surface area contributed by atoms with Gasteiger partial charge in [0, 0.05) is 12.5 Å². The van der Waals surface area contributed by atoms with Crippen molar-refractivity contribution < 1.29 is 0 Å². The minimum absolute atomic E-state index is 0.678. The van der Waals surface area contributed by atoms with E-state index in [9.17, 15) is 0 Å². The van der Waals surface area contributed by atoms with Crippen molar-refractivity contribution in [1.29, 1.82) is 0 Å². The summed E-state index contributed by atoms with van der Waals surface area (Å²) in [4.78, 5) is 4.75. The average molecular weight is 200 g/mol. The molecule has 2 heterocycles. The van der Waals surface area contributed by atoms with Crippen LogP contribution in [0.1, 0.15) is 37.1 Å². The third kappa shape index (κ3) is 1.21. The number of hydrogen-bond donors (Lipinski definition) is 0. The molecular formula is C13H16N2. The molecule has 0 bridgehead atoms. The van der Waals surface area contributed by atoms with Crippen LogP contribution in [0.15, 0.2) is 18.2 Å². The number of benzene rings is 1. The lowest BCUT2D eigenvalue weighted by atomic mass is 10.1. The molecule has 0 spiro atoms. The van der Waals surface area contributed by atoms with Crippen LogP contribution in [-0.2, 0) is 6.54 Å². The fourth-order valence-corrected chi connectivity index (χ4v) is 2.60. The highest BCUT2D eigenvalue weighted by molar-refractivity contribution is 5.77. The van der Waals surface area contributed by atoms with Gasteiger partial charge in [-0.05, 0) is 37.5 Å².